The Balaban J connectivity index is 2.96. The fraction of sp³-hybridized carbons (Fsp3) is 0.462. The van der Waals surface area contributed by atoms with Crippen LogP contribution in [0.5, 0.6) is 0 Å². The lowest BCUT2D eigenvalue weighted by molar-refractivity contribution is 0.853. The molecule has 0 bridgehead atoms. The molecule has 71 valence electrons. The van der Waals surface area contributed by atoms with Gasteiger partial charge < -0.3 is 0 Å². The molecular weight excluding hydrogens is 156 g/mol. The minimum absolute atomic E-state index is 0.609. The Morgan fingerprint density at radius 1 is 1.23 bits per heavy atom. The Morgan fingerprint density at radius 2 is 1.92 bits per heavy atom. The topological polar surface area (TPSA) is 0 Å². The maximum atomic E-state index is 4.01. The second-order valence-corrected chi connectivity index (χ2v) is 3.99. The van der Waals surface area contributed by atoms with Gasteiger partial charge in [0.25, 0.3) is 0 Å². The van der Waals surface area contributed by atoms with Crippen molar-refractivity contribution in [3.05, 3.63) is 41.8 Å². The van der Waals surface area contributed by atoms with Gasteiger partial charge in [-0.2, -0.15) is 0 Å². The second-order valence-electron chi connectivity index (χ2n) is 3.99. The highest BCUT2D eigenvalue weighted by Gasteiger charge is 2.01. The van der Waals surface area contributed by atoms with E-state index in [1.165, 1.54) is 24.0 Å². The van der Waals surface area contributed by atoms with Crippen LogP contribution in [-0.2, 0) is 6.42 Å². The number of benzene rings is 1. The Labute approximate surface area is 82.0 Å². The Kier molecular flexibility index (Phi) is 3.53. The summed E-state index contributed by atoms with van der Waals surface area (Å²) in [5.74, 6) is 0.609. The fourth-order valence-electron chi connectivity index (χ4n) is 1.56. The highest BCUT2D eigenvalue weighted by atomic mass is 14.1. The van der Waals surface area contributed by atoms with Gasteiger partial charge in [0.2, 0.25) is 0 Å². The summed E-state index contributed by atoms with van der Waals surface area (Å²) >= 11 is 0. The SMILES string of the molecule is [CH2]c1cc(CCC)cc(C(C)C)c1. The molecule has 0 fully saturated rings. The average Bonchev–Trinajstić information content (AvgIpc) is 2.03. The highest BCUT2D eigenvalue weighted by Crippen LogP contribution is 2.18. The average molecular weight is 175 g/mol. The van der Waals surface area contributed by atoms with Crippen molar-refractivity contribution in [2.75, 3.05) is 0 Å². The molecule has 0 N–H and O–H groups in total. The van der Waals surface area contributed by atoms with Gasteiger partial charge in [0.15, 0.2) is 0 Å². The van der Waals surface area contributed by atoms with Gasteiger partial charge in [-0.25, -0.2) is 0 Å². The second kappa shape index (κ2) is 4.45. The zero-order valence-electron chi connectivity index (χ0n) is 8.93. The first-order valence-electron chi connectivity index (χ1n) is 5.09. The standard InChI is InChI=1S/C13H19/c1-5-6-12-7-11(4)8-13(9-12)10(2)3/h7-10H,4-6H2,1-3H3. The van der Waals surface area contributed by atoms with Crippen LogP contribution in [0.4, 0.5) is 0 Å². The van der Waals surface area contributed by atoms with Crippen LogP contribution in [0.1, 0.15) is 49.8 Å². The minimum Gasteiger partial charge on any atom is -0.0651 e. The molecule has 1 aromatic carbocycles. The van der Waals surface area contributed by atoms with E-state index < -0.39 is 0 Å². The van der Waals surface area contributed by atoms with Crippen LogP contribution >= 0.6 is 0 Å². The Bertz CT molecular complexity index is 271. The minimum atomic E-state index is 0.609. The third kappa shape index (κ3) is 2.87. The molecule has 0 saturated heterocycles. The van der Waals surface area contributed by atoms with Crippen LogP contribution in [0, 0.1) is 6.92 Å². The number of aryl methyl sites for hydroxylation is 1. The molecule has 0 aromatic heterocycles. The highest BCUT2D eigenvalue weighted by molar-refractivity contribution is 5.33. The maximum Gasteiger partial charge on any atom is -0.0219 e. The van der Waals surface area contributed by atoms with Gasteiger partial charge in [-0.05, 0) is 36.0 Å². The van der Waals surface area contributed by atoms with E-state index >= 15 is 0 Å². The molecule has 0 aliphatic rings. The first-order chi connectivity index (χ1) is 6.13. The molecule has 0 heterocycles. The summed E-state index contributed by atoms with van der Waals surface area (Å²) in [5, 5.41) is 0. The third-order valence-electron chi connectivity index (χ3n) is 2.28. The van der Waals surface area contributed by atoms with E-state index in [-0.39, 0.29) is 0 Å². The van der Waals surface area contributed by atoms with E-state index in [4.69, 9.17) is 0 Å². The molecule has 1 rings (SSSR count). The van der Waals surface area contributed by atoms with Crippen molar-refractivity contribution in [2.24, 2.45) is 0 Å². The zero-order valence-corrected chi connectivity index (χ0v) is 8.93. The van der Waals surface area contributed by atoms with Gasteiger partial charge in [-0.1, -0.05) is 45.4 Å². The summed E-state index contributed by atoms with van der Waals surface area (Å²) in [4.78, 5) is 0. The van der Waals surface area contributed by atoms with Gasteiger partial charge in [0.05, 0.1) is 0 Å². The fourth-order valence-corrected chi connectivity index (χ4v) is 1.56. The van der Waals surface area contributed by atoms with Crippen LogP contribution < -0.4 is 0 Å². The van der Waals surface area contributed by atoms with E-state index in [1.54, 1.807) is 0 Å². The molecule has 0 unspecified atom stereocenters. The molecule has 13 heavy (non-hydrogen) atoms. The lowest BCUT2D eigenvalue weighted by Crippen LogP contribution is -1.92. The Morgan fingerprint density at radius 3 is 2.46 bits per heavy atom. The number of hydrogen-bond acceptors (Lipinski definition) is 0. The van der Waals surface area contributed by atoms with Crippen molar-refractivity contribution in [3.8, 4) is 0 Å². The van der Waals surface area contributed by atoms with E-state index in [9.17, 15) is 0 Å². The molecule has 0 nitrogen and oxygen atoms in total. The van der Waals surface area contributed by atoms with E-state index in [0.29, 0.717) is 5.92 Å². The monoisotopic (exact) mass is 175 g/mol. The molecule has 0 saturated carbocycles. The maximum absolute atomic E-state index is 4.01. The molecule has 0 amide bonds. The number of rotatable bonds is 3. The number of hydrogen-bond donors (Lipinski definition) is 0. The van der Waals surface area contributed by atoms with E-state index in [2.05, 4.69) is 45.9 Å². The lowest BCUT2D eigenvalue weighted by Gasteiger charge is -2.09. The molecule has 0 heteroatoms. The van der Waals surface area contributed by atoms with Gasteiger partial charge in [0, 0.05) is 0 Å². The van der Waals surface area contributed by atoms with Gasteiger partial charge >= 0.3 is 0 Å². The van der Waals surface area contributed by atoms with E-state index in [0.717, 1.165) is 5.56 Å². The third-order valence-corrected chi connectivity index (χ3v) is 2.28. The van der Waals surface area contributed by atoms with Gasteiger partial charge in [-0.15, -0.1) is 0 Å². The predicted molar refractivity (Wildman–Crippen MR) is 59.0 cm³/mol. The van der Waals surface area contributed by atoms with Crippen LogP contribution in [0.15, 0.2) is 18.2 Å². The first-order valence-corrected chi connectivity index (χ1v) is 5.09. The smallest absolute Gasteiger partial charge is 0.0219 e. The summed E-state index contributed by atoms with van der Waals surface area (Å²) in [5.41, 5.74) is 3.99. The van der Waals surface area contributed by atoms with Crippen molar-refractivity contribution < 1.29 is 0 Å². The van der Waals surface area contributed by atoms with Crippen LogP contribution in [0.2, 0.25) is 0 Å². The van der Waals surface area contributed by atoms with Crippen molar-refractivity contribution in [3.63, 3.8) is 0 Å². The summed E-state index contributed by atoms with van der Waals surface area (Å²) in [6, 6.07) is 6.68. The molecule has 1 aromatic rings. The summed E-state index contributed by atoms with van der Waals surface area (Å²) in [6.45, 7) is 10.7. The largest absolute Gasteiger partial charge is 0.0651 e. The van der Waals surface area contributed by atoms with Gasteiger partial charge in [-0.3, -0.25) is 0 Å². The molecule has 0 aliphatic heterocycles. The first kappa shape index (κ1) is 10.3. The van der Waals surface area contributed by atoms with Crippen LogP contribution in [0.25, 0.3) is 0 Å². The normalized spacial score (nSPS) is 10.8. The molecule has 1 radical (unpaired) electrons. The molecule has 0 spiro atoms. The Hall–Kier alpha value is -0.780. The van der Waals surface area contributed by atoms with Crippen LogP contribution in [0.3, 0.4) is 0 Å². The van der Waals surface area contributed by atoms with E-state index in [1.807, 2.05) is 0 Å². The van der Waals surface area contributed by atoms with Crippen molar-refractivity contribution in [1.29, 1.82) is 0 Å². The molecule has 0 aliphatic carbocycles. The summed E-state index contributed by atoms with van der Waals surface area (Å²) < 4.78 is 0. The quantitative estimate of drug-likeness (QED) is 0.652. The van der Waals surface area contributed by atoms with Gasteiger partial charge in [0.1, 0.15) is 0 Å². The molecular formula is C13H19. The lowest BCUT2D eigenvalue weighted by atomic mass is 9.97. The summed E-state index contributed by atoms with van der Waals surface area (Å²) in [7, 11) is 0. The van der Waals surface area contributed by atoms with Crippen molar-refractivity contribution >= 4 is 0 Å². The molecule has 0 atom stereocenters. The zero-order chi connectivity index (χ0) is 9.84. The predicted octanol–water partition coefficient (Wildman–Crippen LogP) is 3.94. The van der Waals surface area contributed by atoms with Crippen molar-refractivity contribution in [1.82, 2.24) is 0 Å². The summed E-state index contributed by atoms with van der Waals surface area (Å²) in [6.07, 6.45) is 2.38. The van der Waals surface area contributed by atoms with Crippen LogP contribution in [-0.4, -0.2) is 0 Å². The van der Waals surface area contributed by atoms with Crippen molar-refractivity contribution in [2.45, 2.75) is 39.5 Å².